The standard InChI is InChI=1S/C36H49NO4S/c38-35-37-34-23-20-31(26-33(34)36(41-35,29-14-6-2-7-15-29)30-16-8-3-9-17-30)40-24-10-11-25-42(39)32-21-18-28(19-22-32)27-12-4-1-5-13-27/h18-23,26-27,29-30H,1-17,24-25H2,(H,37,38). The molecule has 1 aliphatic heterocycles. The van der Waals surface area contributed by atoms with Gasteiger partial charge in [-0.1, -0.05) is 69.9 Å². The number of hydrogen-bond acceptors (Lipinski definition) is 4. The summed E-state index contributed by atoms with van der Waals surface area (Å²) in [6, 6.07) is 14.7. The van der Waals surface area contributed by atoms with Crippen molar-refractivity contribution in [1.82, 2.24) is 0 Å². The van der Waals surface area contributed by atoms with Gasteiger partial charge in [-0.2, -0.15) is 0 Å². The van der Waals surface area contributed by atoms with Crippen LogP contribution in [-0.2, 0) is 21.5 Å². The minimum atomic E-state index is -0.979. The third-order valence-corrected chi connectivity index (χ3v) is 12.0. The summed E-state index contributed by atoms with van der Waals surface area (Å²) >= 11 is -0.979. The summed E-state index contributed by atoms with van der Waals surface area (Å²) < 4.78 is 25.7. The van der Waals surface area contributed by atoms with Gasteiger partial charge in [-0.3, -0.25) is 5.32 Å². The van der Waals surface area contributed by atoms with E-state index in [4.69, 9.17) is 9.47 Å². The van der Waals surface area contributed by atoms with Crippen molar-refractivity contribution in [3.05, 3.63) is 53.6 Å². The van der Waals surface area contributed by atoms with Crippen LogP contribution in [-0.4, -0.2) is 23.0 Å². The van der Waals surface area contributed by atoms with Gasteiger partial charge in [0.15, 0.2) is 4.90 Å². The van der Waals surface area contributed by atoms with E-state index < -0.39 is 16.8 Å². The molecule has 5 nitrogen and oxygen atoms in total. The number of nitrogens with one attached hydrogen (secondary N) is 1. The lowest BCUT2D eigenvalue weighted by Gasteiger charge is -2.50. The van der Waals surface area contributed by atoms with Crippen LogP contribution in [0.5, 0.6) is 5.75 Å². The highest BCUT2D eigenvalue weighted by molar-refractivity contribution is 7.91. The van der Waals surface area contributed by atoms with Crippen LogP contribution in [0.25, 0.3) is 0 Å². The molecule has 0 saturated heterocycles. The Morgan fingerprint density at radius 2 is 1.43 bits per heavy atom. The van der Waals surface area contributed by atoms with Crippen molar-refractivity contribution in [3.63, 3.8) is 0 Å². The maximum atomic E-state index is 12.9. The Hall–Kier alpha value is -2.18. The number of rotatable bonds is 10. The second kappa shape index (κ2) is 14.1. The zero-order valence-electron chi connectivity index (χ0n) is 25.2. The van der Waals surface area contributed by atoms with Gasteiger partial charge in [-0.05, 0) is 104 Å². The third-order valence-electron chi connectivity index (χ3n) is 10.5. The molecule has 4 aliphatic rings. The predicted octanol–water partition coefficient (Wildman–Crippen LogP) is 9.62. The Kier molecular flexibility index (Phi) is 10.0. The van der Waals surface area contributed by atoms with Crippen molar-refractivity contribution in [3.8, 4) is 5.75 Å². The van der Waals surface area contributed by atoms with Crippen LogP contribution in [0.2, 0.25) is 0 Å². The van der Waals surface area contributed by atoms with Crippen molar-refractivity contribution < 1.29 is 18.8 Å². The van der Waals surface area contributed by atoms with Gasteiger partial charge in [0, 0.05) is 17.4 Å². The molecule has 1 amide bonds. The van der Waals surface area contributed by atoms with Crippen molar-refractivity contribution in [2.24, 2.45) is 11.8 Å². The normalized spacial score (nSPS) is 22.5. The van der Waals surface area contributed by atoms with E-state index in [1.54, 1.807) is 0 Å². The average Bonchev–Trinajstić information content (AvgIpc) is 3.05. The molecule has 2 aromatic carbocycles. The zero-order valence-corrected chi connectivity index (χ0v) is 26.1. The van der Waals surface area contributed by atoms with E-state index in [1.807, 2.05) is 12.1 Å². The quantitative estimate of drug-likeness (QED) is 0.221. The summed E-state index contributed by atoms with van der Waals surface area (Å²) in [5.41, 5.74) is 2.87. The number of anilines is 1. The summed E-state index contributed by atoms with van der Waals surface area (Å²) in [7, 11) is 0. The van der Waals surface area contributed by atoms with E-state index in [1.165, 1.54) is 76.2 Å². The molecule has 3 aliphatic carbocycles. The lowest BCUT2D eigenvalue weighted by molar-refractivity contribution is -0.104. The maximum absolute atomic E-state index is 12.9. The van der Waals surface area contributed by atoms with E-state index in [0.717, 1.165) is 60.4 Å². The van der Waals surface area contributed by atoms with Crippen molar-refractivity contribution in [1.29, 1.82) is 0 Å². The summed E-state index contributed by atoms with van der Waals surface area (Å²) in [4.78, 5) is 13.9. The molecule has 6 rings (SSSR count). The fourth-order valence-electron chi connectivity index (χ4n) is 8.36. The molecule has 228 valence electrons. The largest absolute Gasteiger partial charge is 0.611 e. The van der Waals surface area contributed by atoms with Gasteiger partial charge in [0.2, 0.25) is 0 Å². The summed E-state index contributed by atoms with van der Waals surface area (Å²) in [6.07, 6.45) is 19.9. The number of unbranched alkanes of at least 4 members (excludes halogenated alkanes) is 1. The van der Waals surface area contributed by atoms with Crippen molar-refractivity contribution in [2.45, 2.75) is 126 Å². The molecule has 0 radical (unpaired) electrons. The minimum Gasteiger partial charge on any atom is -0.611 e. The highest BCUT2D eigenvalue weighted by Gasteiger charge is 2.53. The first kappa shape index (κ1) is 29.9. The van der Waals surface area contributed by atoms with Gasteiger partial charge in [0.25, 0.3) is 0 Å². The van der Waals surface area contributed by atoms with Crippen LogP contribution in [0.4, 0.5) is 10.5 Å². The molecule has 1 heterocycles. The highest BCUT2D eigenvalue weighted by Crippen LogP contribution is 2.55. The Balaban J connectivity index is 1.07. The van der Waals surface area contributed by atoms with Gasteiger partial charge < -0.3 is 14.0 Å². The molecule has 1 N–H and O–H groups in total. The molecular formula is C36H49NO4S. The monoisotopic (exact) mass is 591 g/mol. The van der Waals surface area contributed by atoms with Crippen molar-refractivity contribution >= 4 is 23.0 Å². The van der Waals surface area contributed by atoms with Crippen LogP contribution in [0, 0.1) is 11.8 Å². The van der Waals surface area contributed by atoms with E-state index >= 15 is 0 Å². The smallest absolute Gasteiger partial charge is 0.412 e. The fourth-order valence-corrected chi connectivity index (χ4v) is 9.50. The Morgan fingerprint density at radius 1 is 0.810 bits per heavy atom. The molecule has 1 unspecified atom stereocenters. The first-order valence-electron chi connectivity index (χ1n) is 16.9. The number of amides is 1. The van der Waals surface area contributed by atoms with Crippen LogP contribution >= 0.6 is 0 Å². The predicted molar refractivity (Wildman–Crippen MR) is 170 cm³/mol. The van der Waals surface area contributed by atoms with Gasteiger partial charge in [-0.25, -0.2) is 4.79 Å². The summed E-state index contributed by atoms with van der Waals surface area (Å²) in [6.45, 7) is 0.587. The number of hydrogen-bond donors (Lipinski definition) is 1. The minimum absolute atomic E-state index is 0.302. The molecule has 3 fully saturated rings. The van der Waals surface area contributed by atoms with Gasteiger partial charge in [0.05, 0.1) is 12.3 Å². The lowest BCUT2D eigenvalue weighted by Crippen LogP contribution is -2.51. The molecule has 3 saturated carbocycles. The third kappa shape index (κ3) is 6.65. The van der Waals surface area contributed by atoms with Crippen LogP contribution in [0.3, 0.4) is 0 Å². The first-order chi connectivity index (χ1) is 20.6. The SMILES string of the molecule is O=C1Nc2ccc(OCCCC[S+]([O-])c3ccc(C4CCCCC4)cc3)cc2C(C2CCCCC2)(C2CCCCC2)O1. The van der Waals surface area contributed by atoms with Crippen LogP contribution in [0.15, 0.2) is 47.4 Å². The van der Waals surface area contributed by atoms with E-state index in [-0.39, 0.29) is 6.09 Å². The molecule has 6 heteroatoms. The molecule has 0 spiro atoms. The molecule has 42 heavy (non-hydrogen) atoms. The number of carbonyl (C=O) groups excluding carboxylic acids is 1. The topological polar surface area (TPSA) is 70.6 Å². The number of carbonyl (C=O) groups is 1. The molecule has 2 aromatic rings. The number of ether oxygens (including phenoxy) is 2. The molecule has 0 aromatic heterocycles. The highest BCUT2D eigenvalue weighted by atomic mass is 32.2. The van der Waals surface area contributed by atoms with E-state index in [9.17, 15) is 9.35 Å². The molecule has 1 atom stereocenters. The summed E-state index contributed by atoms with van der Waals surface area (Å²) in [5.74, 6) is 2.90. The first-order valence-corrected chi connectivity index (χ1v) is 18.2. The Bertz CT molecular complexity index is 1150. The second-order valence-electron chi connectivity index (χ2n) is 13.2. The van der Waals surface area contributed by atoms with Gasteiger partial charge in [0.1, 0.15) is 17.1 Å². The van der Waals surface area contributed by atoms with Crippen molar-refractivity contribution in [2.75, 3.05) is 17.7 Å². The van der Waals surface area contributed by atoms with Gasteiger partial charge >= 0.3 is 6.09 Å². The van der Waals surface area contributed by atoms with Crippen LogP contribution < -0.4 is 10.1 Å². The average molecular weight is 592 g/mol. The maximum Gasteiger partial charge on any atom is 0.412 e. The molecule has 0 bridgehead atoms. The molecular weight excluding hydrogens is 542 g/mol. The zero-order chi connectivity index (χ0) is 28.8. The summed E-state index contributed by atoms with van der Waals surface area (Å²) in [5, 5.41) is 3.00. The Labute approximate surface area is 255 Å². The number of fused-ring (bicyclic) bond motifs is 1. The van der Waals surface area contributed by atoms with E-state index in [2.05, 4.69) is 35.6 Å². The van der Waals surface area contributed by atoms with Gasteiger partial charge in [-0.15, -0.1) is 0 Å². The number of cyclic esters (lactones) is 1. The second-order valence-corrected chi connectivity index (χ2v) is 14.8. The van der Waals surface area contributed by atoms with Crippen LogP contribution in [0.1, 0.15) is 126 Å². The fraction of sp³-hybridized carbons (Fsp3) is 0.639. The number of benzene rings is 2. The lowest BCUT2D eigenvalue weighted by atomic mass is 9.62. The Morgan fingerprint density at radius 3 is 2.07 bits per heavy atom. The van der Waals surface area contributed by atoms with E-state index in [0.29, 0.717) is 30.1 Å².